The van der Waals surface area contributed by atoms with Gasteiger partial charge in [0, 0.05) is 30.3 Å². The van der Waals surface area contributed by atoms with Gasteiger partial charge in [0.2, 0.25) is 5.91 Å². The Morgan fingerprint density at radius 2 is 2.05 bits per heavy atom. The number of hydrogen-bond acceptors (Lipinski definition) is 3. The first-order chi connectivity index (χ1) is 9.60. The smallest absolute Gasteiger partial charge is 0.251 e. The molecule has 5 nitrogen and oxygen atoms in total. The number of carbonyl (C=O) groups is 2. The Bertz CT molecular complexity index is 507. The summed E-state index contributed by atoms with van der Waals surface area (Å²) >= 11 is 0. The van der Waals surface area contributed by atoms with E-state index in [4.69, 9.17) is 5.73 Å². The number of hydrogen-bond donors (Lipinski definition) is 3. The molecule has 0 aliphatic heterocycles. The normalized spacial score (nSPS) is 21.0. The lowest BCUT2D eigenvalue weighted by atomic mass is 9.85. The van der Waals surface area contributed by atoms with Gasteiger partial charge in [-0.2, -0.15) is 0 Å². The topological polar surface area (TPSA) is 84.2 Å². The molecule has 1 aliphatic rings. The third-order valence-electron chi connectivity index (χ3n) is 3.70. The van der Waals surface area contributed by atoms with Crippen molar-refractivity contribution in [2.45, 2.75) is 31.7 Å². The highest BCUT2D eigenvalue weighted by atomic mass is 35.5. The fourth-order valence-corrected chi connectivity index (χ4v) is 2.59. The minimum atomic E-state index is -0.166. The summed E-state index contributed by atoms with van der Waals surface area (Å²) in [6.07, 6.45) is 3.61. The molecule has 2 rings (SSSR count). The Kier molecular flexibility index (Phi) is 6.65. The molecule has 4 N–H and O–H groups in total. The van der Waals surface area contributed by atoms with E-state index in [0.717, 1.165) is 25.7 Å². The monoisotopic (exact) mass is 311 g/mol. The van der Waals surface area contributed by atoms with E-state index < -0.39 is 0 Å². The lowest BCUT2D eigenvalue weighted by Crippen LogP contribution is -2.34. The molecule has 0 aromatic heterocycles. The van der Waals surface area contributed by atoms with Crippen LogP contribution in [-0.2, 0) is 4.79 Å². The van der Waals surface area contributed by atoms with Crippen molar-refractivity contribution < 1.29 is 9.59 Å². The highest BCUT2D eigenvalue weighted by molar-refractivity contribution is 5.97. The molecule has 0 radical (unpaired) electrons. The Morgan fingerprint density at radius 1 is 1.29 bits per heavy atom. The summed E-state index contributed by atoms with van der Waals surface area (Å²) < 4.78 is 0. The summed E-state index contributed by atoms with van der Waals surface area (Å²) in [6, 6.07) is 7.06. The van der Waals surface area contributed by atoms with Crippen LogP contribution in [0.4, 0.5) is 5.69 Å². The molecular weight excluding hydrogens is 290 g/mol. The predicted molar refractivity (Wildman–Crippen MR) is 85.6 cm³/mol. The molecule has 0 heterocycles. The molecule has 0 bridgehead atoms. The van der Waals surface area contributed by atoms with Gasteiger partial charge in [-0.25, -0.2) is 0 Å². The number of rotatable bonds is 3. The minimum absolute atomic E-state index is 0. The van der Waals surface area contributed by atoms with E-state index in [0.29, 0.717) is 11.3 Å². The van der Waals surface area contributed by atoms with Gasteiger partial charge in [0.05, 0.1) is 0 Å². The number of anilines is 1. The van der Waals surface area contributed by atoms with E-state index in [-0.39, 0.29) is 36.2 Å². The lowest BCUT2D eigenvalue weighted by molar-refractivity contribution is -0.120. The fourth-order valence-electron chi connectivity index (χ4n) is 2.59. The van der Waals surface area contributed by atoms with Gasteiger partial charge in [-0.1, -0.05) is 12.5 Å². The van der Waals surface area contributed by atoms with Crippen LogP contribution in [0.15, 0.2) is 24.3 Å². The quantitative estimate of drug-likeness (QED) is 0.797. The molecule has 116 valence electrons. The molecule has 1 aromatic rings. The van der Waals surface area contributed by atoms with Crippen LogP contribution in [0.5, 0.6) is 0 Å². The van der Waals surface area contributed by atoms with Crippen molar-refractivity contribution >= 4 is 29.9 Å². The van der Waals surface area contributed by atoms with Gasteiger partial charge in [-0.3, -0.25) is 9.59 Å². The molecule has 1 saturated carbocycles. The molecule has 2 unspecified atom stereocenters. The molecule has 0 spiro atoms. The highest BCUT2D eigenvalue weighted by Gasteiger charge is 2.25. The highest BCUT2D eigenvalue weighted by Crippen LogP contribution is 2.24. The van der Waals surface area contributed by atoms with Crippen molar-refractivity contribution in [2.24, 2.45) is 11.7 Å². The van der Waals surface area contributed by atoms with Gasteiger partial charge in [-0.05, 0) is 37.5 Å². The van der Waals surface area contributed by atoms with Crippen molar-refractivity contribution in [3.63, 3.8) is 0 Å². The maximum absolute atomic E-state index is 12.2. The Morgan fingerprint density at radius 3 is 2.71 bits per heavy atom. The van der Waals surface area contributed by atoms with E-state index in [1.165, 1.54) is 0 Å². The first-order valence-corrected chi connectivity index (χ1v) is 6.98. The molecule has 21 heavy (non-hydrogen) atoms. The average Bonchev–Trinajstić information content (AvgIpc) is 2.46. The van der Waals surface area contributed by atoms with Crippen LogP contribution in [0.3, 0.4) is 0 Å². The Balaban J connectivity index is 0.00000220. The van der Waals surface area contributed by atoms with E-state index in [2.05, 4.69) is 10.6 Å². The van der Waals surface area contributed by atoms with Crippen molar-refractivity contribution in [1.29, 1.82) is 0 Å². The SMILES string of the molecule is CNC(=O)c1cccc(NC(=O)C2CCCC(N)C2)c1.Cl. The van der Waals surface area contributed by atoms with Crippen molar-refractivity contribution in [2.75, 3.05) is 12.4 Å². The number of carbonyl (C=O) groups excluding carboxylic acids is 2. The van der Waals surface area contributed by atoms with Gasteiger partial charge >= 0.3 is 0 Å². The lowest BCUT2D eigenvalue weighted by Gasteiger charge is -2.25. The third-order valence-corrected chi connectivity index (χ3v) is 3.70. The zero-order valence-corrected chi connectivity index (χ0v) is 12.9. The molecular formula is C15H22ClN3O2. The Hall–Kier alpha value is -1.59. The summed E-state index contributed by atoms with van der Waals surface area (Å²) in [5, 5.41) is 5.44. The molecule has 0 saturated heterocycles. The Labute approximate surface area is 131 Å². The number of halogens is 1. The fraction of sp³-hybridized carbons (Fsp3) is 0.467. The first kappa shape index (κ1) is 17.5. The zero-order valence-electron chi connectivity index (χ0n) is 12.1. The van der Waals surface area contributed by atoms with Crippen LogP contribution in [0.2, 0.25) is 0 Å². The van der Waals surface area contributed by atoms with E-state index >= 15 is 0 Å². The zero-order chi connectivity index (χ0) is 14.5. The summed E-state index contributed by atoms with van der Waals surface area (Å²) in [6.45, 7) is 0. The van der Waals surface area contributed by atoms with E-state index in [9.17, 15) is 9.59 Å². The standard InChI is InChI=1S/C15H21N3O2.ClH/c1-17-14(19)11-5-3-7-13(9-11)18-15(20)10-4-2-6-12(16)8-10;/h3,5,7,9-10,12H,2,4,6,8,16H2,1H3,(H,17,19)(H,18,20);1H. The van der Waals surface area contributed by atoms with Gasteiger partial charge in [0.15, 0.2) is 0 Å². The van der Waals surface area contributed by atoms with E-state index in [1.807, 2.05) is 0 Å². The van der Waals surface area contributed by atoms with Crippen molar-refractivity contribution in [1.82, 2.24) is 5.32 Å². The number of benzene rings is 1. The van der Waals surface area contributed by atoms with Gasteiger partial charge in [-0.15, -0.1) is 12.4 Å². The summed E-state index contributed by atoms with van der Waals surface area (Å²) in [4.78, 5) is 23.8. The first-order valence-electron chi connectivity index (χ1n) is 6.98. The van der Waals surface area contributed by atoms with Gasteiger partial charge in [0.25, 0.3) is 5.91 Å². The van der Waals surface area contributed by atoms with Crippen LogP contribution < -0.4 is 16.4 Å². The maximum atomic E-state index is 12.2. The predicted octanol–water partition coefficient (Wildman–Crippen LogP) is 1.92. The third kappa shape index (κ3) is 4.72. The van der Waals surface area contributed by atoms with Crippen molar-refractivity contribution in [3.8, 4) is 0 Å². The average molecular weight is 312 g/mol. The summed E-state index contributed by atoms with van der Waals surface area (Å²) in [5.74, 6) is -0.197. The van der Waals surface area contributed by atoms with Gasteiger partial charge < -0.3 is 16.4 Å². The number of nitrogens with one attached hydrogen (secondary N) is 2. The van der Waals surface area contributed by atoms with E-state index in [1.54, 1.807) is 31.3 Å². The van der Waals surface area contributed by atoms with Gasteiger partial charge in [0.1, 0.15) is 0 Å². The maximum Gasteiger partial charge on any atom is 0.251 e. The van der Waals surface area contributed by atoms with Crippen LogP contribution >= 0.6 is 12.4 Å². The summed E-state index contributed by atoms with van der Waals surface area (Å²) in [7, 11) is 1.58. The second-order valence-electron chi connectivity index (χ2n) is 5.27. The van der Waals surface area contributed by atoms with Crippen LogP contribution in [0.1, 0.15) is 36.0 Å². The molecule has 1 aliphatic carbocycles. The second-order valence-corrected chi connectivity index (χ2v) is 5.27. The van der Waals surface area contributed by atoms with Crippen LogP contribution in [0, 0.1) is 5.92 Å². The van der Waals surface area contributed by atoms with Crippen LogP contribution in [0.25, 0.3) is 0 Å². The number of amides is 2. The largest absolute Gasteiger partial charge is 0.355 e. The molecule has 2 atom stereocenters. The minimum Gasteiger partial charge on any atom is -0.355 e. The molecule has 1 aromatic carbocycles. The molecule has 2 amide bonds. The van der Waals surface area contributed by atoms with Crippen LogP contribution in [-0.4, -0.2) is 24.9 Å². The molecule has 1 fully saturated rings. The van der Waals surface area contributed by atoms with Crippen molar-refractivity contribution in [3.05, 3.63) is 29.8 Å². The molecule has 6 heteroatoms. The second kappa shape index (κ2) is 8.00. The number of nitrogens with two attached hydrogens (primary N) is 1. The summed E-state index contributed by atoms with van der Waals surface area (Å²) in [5.41, 5.74) is 7.09.